The Labute approximate surface area is 126 Å². The Morgan fingerprint density at radius 1 is 1.32 bits per heavy atom. The van der Waals surface area contributed by atoms with E-state index in [2.05, 4.69) is 20.4 Å². The quantitative estimate of drug-likeness (QED) is 0.745. The Morgan fingerprint density at radius 2 is 2.14 bits per heavy atom. The molecule has 7 heteroatoms. The first kappa shape index (κ1) is 13.7. The van der Waals surface area contributed by atoms with E-state index < -0.39 is 0 Å². The first-order valence-corrected chi connectivity index (χ1v) is 6.58. The van der Waals surface area contributed by atoms with E-state index in [0.717, 1.165) is 5.56 Å². The van der Waals surface area contributed by atoms with Gasteiger partial charge in [-0.15, -0.1) is 0 Å². The number of anilines is 1. The highest BCUT2D eigenvalue weighted by Crippen LogP contribution is 2.14. The summed E-state index contributed by atoms with van der Waals surface area (Å²) in [6.45, 7) is 0. The average Bonchev–Trinajstić information content (AvgIpc) is 3.15. The van der Waals surface area contributed by atoms with Crippen molar-refractivity contribution in [3.8, 4) is 11.6 Å². The average molecular weight is 295 g/mol. The van der Waals surface area contributed by atoms with Crippen molar-refractivity contribution < 1.29 is 9.32 Å². The van der Waals surface area contributed by atoms with Gasteiger partial charge in [-0.1, -0.05) is 35.5 Å². The number of carbonyl (C=O) groups excluding carboxylic acids is 1. The Morgan fingerprint density at radius 3 is 2.86 bits per heavy atom. The van der Waals surface area contributed by atoms with Crippen LogP contribution in [-0.4, -0.2) is 25.6 Å². The highest BCUT2D eigenvalue weighted by atomic mass is 16.5. The topological polar surface area (TPSA) is 85.8 Å². The van der Waals surface area contributed by atoms with E-state index in [1.807, 2.05) is 37.4 Å². The fourth-order valence-electron chi connectivity index (χ4n) is 1.83. The molecule has 7 nitrogen and oxygen atoms in total. The van der Waals surface area contributed by atoms with Gasteiger partial charge in [-0.2, -0.15) is 4.98 Å². The van der Waals surface area contributed by atoms with Crippen LogP contribution in [0, 0.1) is 0 Å². The lowest BCUT2D eigenvalue weighted by atomic mass is 10.2. The third-order valence-electron chi connectivity index (χ3n) is 2.90. The molecule has 0 saturated carbocycles. The number of nitrogens with zero attached hydrogens (tertiary/aromatic N) is 4. The second-order valence-corrected chi connectivity index (χ2v) is 4.52. The molecule has 110 valence electrons. The lowest BCUT2D eigenvalue weighted by Gasteiger charge is -1.94. The van der Waals surface area contributed by atoms with Crippen LogP contribution in [0.1, 0.15) is 5.56 Å². The van der Waals surface area contributed by atoms with Crippen molar-refractivity contribution >= 4 is 18.0 Å². The van der Waals surface area contributed by atoms with Gasteiger partial charge in [-0.3, -0.25) is 10.1 Å². The van der Waals surface area contributed by atoms with Gasteiger partial charge in [-0.25, -0.2) is 4.98 Å². The fraction of sp³-hybridized carbons (Fsp3) is 0.0667. The molecule has 1 N–H and O–H groups in total. The number of aryl methyl sites for hydroxylation is 1. The van der Waals surface area contributed by atoms with Gasteiger partial charge < -0.3 is 9.09 Å². The van der Waals surface area contributed by atoms with Crippen LogP contribution in [-0.2, 0) is 11.8 Å². The molecule has 0 aliphatic carbocycles. The summed E-state index contributed by atoms with van der Waals surface area (Å²) in [5, 5.41) is 6.29. The third kappa shape index (κ3) is 3.09. The number of rotatable bonds is 4. The van der Waals surface area contributed by atoms with Gasteiger partial charge in [0.2, 0.25) is 5.82 Å². The Balaban J connectivity index is 1.67. The summed E-state index contributed by atoms with van der Waals surface area (Å²) in [6.07, 6.45) is 6.50. The lowest BCUT2D eigenvalue weighted by Crippen LogP contribution is -2.07. The van der Waals surface area contributed by atoms with Crippen molar-refractivity contribution in [2.45, 2.75) is 0 Å². The zero-order chi connectivity index (χ0) is 15.4. The molecule has 2 aromatic heterocycles. The predicted molar refractivity (Wildman–Crippen MR) is 80.6 cm³/mol. The molecule has 0 bridgehead atoms. The second-order valence-electron chi connectivity index (χ2n) is 4.52. The first-order valence-electron chi connectivity index (χ1n) is 6.58. The molecule has 0 saturated heterocycles. The standard InChI is InChI=1S/C15H13N5O2/c1-20-10-9-16-14(20)13-18-15(22-19-13)17-12(21)8-7-11-5-3-2-4-6-11/h2-10H,1H3,(H,17,18,19,21)/b8-7+. The van der Waals surface area contributed by atoms with E-state index in [1.165, 1.54) is 6.08 Å². The first-order chi connectivity index (χ1) is 10.7. The number of nitrogens with one attached hydrogen (secondary N) is 1. The molecular weight excluding hydrogens is 282 g/mol. The Kier molecular flexibility index (Phi) is 3.78. The second kappa shape index (κ2) is 6.04. The largest absolute Gasteiger partial charge is 0.331 e. The van der Waals surface area contributed by atoms with E-state index >= 15 is 0 Å². The van der Waals surface area contributed by atoms with Gasteiger partial charge in [0.1, 0.15) is 0 Å². The van der Waals surface area contributed by atoms with Crippen molar-refractivity contribution in [3.63, 3.8) is 0 Å². The maximum atomic E-state index is 11.8. The molecule has 3 aromatic rings. The molecule has 0 fully saturated rings. The van der Waals surface area contributed by atoms with E-state index in [0.29, 0.717) is 11.6 Å². The maximum absolute atomic E-state index is 11.8. The number of amides is 1. The number of aromatic nitrogens is 4. The van der Waals surface area contributed by atoms with Crippen molar-refractivity contribution in [1.82, 2.24) is 19.7 Å². The van der Waals surface area contributed by atoms with Gasteiger partial charge in [0, 0.05) is 25.5 Å². The SMILES string of the molecule is Cn1ccnc1-c1noc(NC(=O)/C=C/c2ccccc2)n1. The van der Waals surface area contributed by atoms with Crippen molar-refractivity contribution in [2.24, 2.45) is 7.05 Å². The summed E-state index contributed by atoms with van der Waals surface area (Å²) < 4.78 is 6.74. The number of benzene rings is 1. The summed E-state index contributed by atoms with van der Waals surface area (Å²) in [5.74, 6) is 0.526. The van der Waals surface area contributed by atoms with Crippen molar-refractivity contribution in [2.75, 3.05) is 5.32 Å². The maximum Gasteiger partial charge on any atom is 0.328 e. The minimum absolute atomic E-state index is 0.0284. The summed E-state index contributed by atoms with van der Waals surface area (Å²) >= 11 is 0. The molecule has 0 unspecified atom stereocenters. The van der Waals surface area contributed by atoms with Gasteiger partial charge >= 0.3 is 6.01 Å². The molecule has 0 aliphatic heterocycles. The van der Waals surface area contributed by atoms with Crippen LogP contribution in [0.25, 0.3) is 17.7 Å². The van der Waals surface area contributed by atoms with Crippen molar-refractivity contribution in [1.29, 1.82) is 0 Å². The third-order valence-corrected chi connectivity index (χ3v) is 2.90. The normalized spacial score (nSPS) is 11.0. The summed E-state index contributed by atoms with van der Waals surface area (Å²) in [6, 6.07) is 9.53. The van der Waals surface area contributed by atoms with E-state index in [4.69, 9.17) is 4.52 Å². The van der Waals surface area contributed by atoms with Crippen LogP contribution >= 0.6 is 0 Å². The number of hydrogen-bond donors (Lipinski definition) is 1. The molecule has 0 atom stereocenters. The molecule has 22 heavy (non-hydrogen) atoms. The highest BCUT2D eigenvalue weighted by Gasteiger charge is 2.13. The van der Waals surface area contributed by atoms with Crippen LogP contribution in [0.15, 0.2) is 53.3 Å². The van der Waals surface area contributed by atoms with Gasteiger partial charge in [0.25, 0.3) is 5.91 Å². The molecule has 0 radical (unpaired) electrons. The summed E-state index contributed by atoms with van der Waals surface area (Å²) in [5.41, 5.74) is 0.928. The number of imidazole rings is 1. The zero-order valence-electron chi connectivity index (χ0n) is 11.8. The Hall–Kier alpha value is -3.22. The molecule has 3 rings (SSSR count). The molecule has 1 aromatic carbocycles. The zero-order valence-corrected chi connectivity index (χ0v) is 11.8. The Bertz CT molecular complexity index is 804. The van der Waals surface area contributed by atoms with Gasteiger partial charge in [0.15, 0.2) is 5.82 Å². The van der Waals surface area contributed by atoms with Gasteiger partial charge in [-0.05, 0) is 11.6 Å². The minimum Gasteiger partial charge on any atom is -0.331 e. The smallest absolute Gasteiger partial charge is 0.328 e. The highest BCUT2D eigenvalue weighted by molar-refractivity contribution is 6.00. The van der Waals surface area contributed by atoms with Crippen LogP contribution < -0.4 is 5.32 Å². The van der Waals surface area contributed by atoms with Crippen LogP contribution in [0.3, 0.4) is 0 Å². The molecule has 2 heterocycles. The van der Waals surface area contributed by atoms with Gasteiger partial charge in [0.05, 0.1) is 0 Å². The van der Waals surface area contributed by atoms with Crippen LogP contribution in [0.2, 0.25) is 0 Å². The predicted octanol–water partition coefficient (Wildman–Crippen LogP) is 2.12. The van der Waals surface area contributed by atoms with Crippen LogP contribution in [0.4, 0.5) is 6.01 Å². The van der Waals surface area contributed by atoms with Crippen LogP contribution in [0.5, 0.6) is 0 Å². The van der Waals surface area contributed by atoms with E-state index in [-0.39, 0.29) is 11.9 Å². The lowest BCUT2D eigenvalue weighted by molar-refractivity contribution is -0.112. The molecule has 1 amide bonds. The molecule has 0 aliphatic rings. The molecule has 0 spiro atoms. The van der Waals surface area contributed by atoms with E-state index in [1.54, 1.807) is 23.0 Å². The van der Waals surface area contributed by atoms with Crippen molar-refractivity contribution in [3.05, 3.63) is 54.4 Å². The number of carbonyl (C=O) groups is 1. The minimum atomic E-state index is -0.348. The molecular formula is C15H13N5O2. The monoisotopic (exact) mass is 295 g/mol. The summed E-state index contributed by atoms with van der Waals surface area (Å²) in [4.78, 5) is 20.0. The fourth-order valence-corrected chi connectivity index (χ4v) is 1.83. The van der Waals surface area contributed by atoms with E-state index in [9.17, 15) is 4.79 Å². The number of hydrogen-bond acceptors (Lipinski definition) is 5. The summed E-state index contributed by atoms with van der Waals surface area (Å²) in [7, 11) is 1.82.